The van der Waals surface area contributed by atoms with E-state index in [0.29, 0.717) is 17.1 Å². The number of nitrogens with one attached hydrogen (secondary N) is 1. The van der Waals surface area contributed by atoms with Crippen LogP contribution in [0.3, 0.4) is 0 Å². The molecule has 144 valence electrons. The topological polar surface area (TPSA) is 63.6 Å². The Labute approximate surface area is 177 Å². The van der Waals surface area contributed by atoms with Crippen molar-refractivity contribution in [3.63, 3.8) is 0 Å². The number of anilines is 1. The molecule has 0 radical (unpaired) electrons. The minimum Gasteiger partial charge on any atom is -0.484 e. The van der Waals surface area contributed by atoms with Crippen LogP contribution in [-0.2, 0) is 4.79 Å². The highest BCUT2D eigenvalue weighted by molar-refractivity contribution is 14.1. The first-order valence-corrected chi connectivity index (χ1v) is 9.69. The predicted octanol–water partition coefficient (Wildman–Crippen LogP) is 3.80. The Morgan fingerprint density at radius 3 is 2.50 bits per heavy atom. The quantitative estimate of drug-likeness (QED) is 0.536. The van der Waals surface area contributed by atoms with Gasteiger partial charge in [-0.3, -0.25) is 9.59 Å². The van der Waals surface area contributed by atoms with Crippen LogP contribution in [0.5, 0.6) is 5.75 Å². The van der Waals surface area contributed by atoms with Gasteiger partial charge in [-0.05, 0) is 77.2 Å². The molecule has 1 heterocycles. The summed E-state index contributed by atoms with van der Waals surface area (Å²) in [7, 11) is 3.35. The number of carbonyl (C=O) groups excluding carboxylic acids is 2. The summed E-state index contributed by atoms with van der Waals surface area (Å²) in [6, 6.07) is 18.5. The molecule has 2 aromatic carbocycles. The molecule has 28 heavy (non-hydrogen) atoms. The van der Waals surface area contributed by atoms with Crippen LogP contribution in [0.2, 0.25) is 0 Å². The second-order valence-electron chi connectivity index (χ2n) is 6.30. The van der Waals surface area contributed by atoms with Gasteiger partial charge in [-0.15, -0.1) is 0 Å². The number of aromatic nitrogens is 1. The van der Waals surface area contributed by atoms with Crippen molar-refractivity contribution in [1.29, 1.82) is 0 Å². The minimum absolute atomic E-state index is 0.0257. The molecule has 3 rings (SSSR count). The lowest BCUT2D eigenvalue weighted by molar-refractivity contribution is -0.130. The number of benzene rings is 2. The van der Waals surface area contributed by atoms with E-state index in [-0.39, 0.29) is 18.4 Å². The van der Waals surface area contributed by atoms with E-state index < -0.39 is 0 Å². The molecule has 1 N–H and O–H groups in total. The van der Waals surface area contributed by atoms with E-state index in [1.54, 1.807) is 44.4 Å². The summed E-state index contributed by atoms with van der Waals surface area (Å²) in [5.41, 5.74) is 2.11. The zero-order chi connectivity index (χ0) is 20.1. The van der Waals surface area contributed by atoms with Crippen molar-refractivity contribution < 1.29 is 14.3 Å². The summed E-state index contributed by atoms with van der Waals surface area (Å²) in [4.78, 5) is 25.8. The van der Waals surface area contributed by atoms with Gasteiger partial charge in [0, 0.05) is 35.2 Å². The fourth-order valence-electron chi connectivity index (χ4n) is 2.52. The molecule has 6 nitrogen and oxygen atoms in total. The van der Waals surface area contributed by atoms with Gasteiger partial charge in [0.2, 0.25) is 0 Å². The minimum atomic E-state index is -0.208. The van der Waals surface area contributed by atoms with Crippen molar-refractivity contribution in [2.75, 3.05) is 26.0 Å². The van der Waals surface area contributed by atoms with Crippen molar-refractivity contribution in [2.24, 2.45) is 0 Å². The largest absolute Gasteiger partial charge is 0.484 e. The summed E-state index contributed by atoms with van der Waals surface area (Å²) in [6.07, 6.45) is 1.86. The van der Waals surface area contributed by atoms with E-state index in [2.05, 4.69) is 27.9 Å². The summed E-state index contributed by atoms with van der Waals surface area (Å²) < 4.78 is 8.39. The summed E-state index contributed by atoms with van der Waals surface area (Å²) in [5, 5.41) is 2.89. The zero-order valence-electron chi connectivity index (χ0n) is 15.6. The maximum atomic E-state index is 12.7. The smallest absolute Gasteiger partial charge is 0.272 e. The number of halogens is 1. The lowest BCUT2D eigenvalue weighted by atomic mass is 10.2. The normalized spacial score (nSPS) is 10.4. The third-order valence-electron chi connectivity index (χ3n) is 4.04. The average Bonchev–Trinajstić information content (AvgIpc) is 3.17. The number of hydrogen-bond donors (Lipinski definition) is 1. The number of carbonyl (C=O) groups is 2. The van der Waals surface area contributed by atoms with Gasteiger partial charge in [-0.2, -0.15) is 0 Å². The van der Waals surface area contributed by atoms with Crippen molar-refractivity contribution >= 4 is 40.1 Å². The van der Waals surface area contributed by atoms with E-state index in [1.807, 2.05) is 41.1 Å². The van der Waals surface area contributed by atoms with Gasteiger partial charge in [0.15, 0.2) is 6.61 Å². The molecule has 0 saturated heterocycles. The Bertz CT molecular complexity index is 981. The monoisotopic (exact) mass is 489 g/mol. The van der Waals surface area contributed by atoms with Crippen LogP contribution < -0.4 is 10.1 Å². The van der Waals surface area contributed by atoms with Crippen LogP contribution in [0, 0.1) is 3.57 Å². The molecule has 0 saturated carbocycles. The van der Waals surface area contributed by atoms with E-state index in [4.69, 9.17) is 4.74 Å². The maximum absolute atomic E-state index is 12.7. The number of hydrogen-bond acceptors (Lipinski definition) is 3. The van der Waals surface area contributed by atoms with Crippen LogP contribution in [-0.4, -0.2) is 42.0 Å². The Kier molecular flexibility index (Phi) is 6.35. The van der Waals surface area contributed by atoms with E-state index >= 15 is 0 Å². The first-order chi connectivity index (χ1) is 13.4. The standard InChI is InChI=1S/C21H20IN3O3/c1-24(2)20(26)14-28-18-10-8-16(9-11-18)23-21(27)19-7-4-12-25(19)17-6-3-5-15(22)13-17/h3-13H,14H2,1-2H3,(H,23,27). The molecular weight excluding hydrogens is 469 g/mol. The summed E-state index contributed by atoms with van der Waals surface area (Å²) >= 11 is 2.25. The first kappa shape index (κ1) is 19.9. The van der Waals surface area contributed by atoms with Gasteiger partial charge in [-0.25, -0.2) is 0 Å². The molecule has 2 amide bonds. The fraction of sp³-hybridized carbons (Fsp3) is 0.143. The molecule has 7 heteroatoms. The van der Waals surface area contributed by atoms with Gasteiger partial charge in [0.25, 0.3) is 11.8 Å². The third kappa shape index (κ3) is 4.92. The molecule has 3 aromatic rings. The second-order valence-corrected chi connectivity index (χ2v) is 7.54. The van der Waals surface area contributed by atoms with Gasteiger partial charge in [0.1, 0.15) is 11.4 Å². The van der Waals surface area contributed by atoms with Crippen LogP contribution in [0.15, 0.2) is 66.9 Å². The zero-order valence-corrected chi connectivity index (χ0v) is 17.7. The van der Waals surface area contributed by atoms with Crippen LogP contribution in [0.25, 0.3) is 5.69 Å². The third-order valence-corrected chi connectivity index (χ3v) is 4.71. The van der Waals surface area contributed by atoms with Gasteiger partial charge >= 0.3 is 0 Å². The van der Waals surface area contributed by atoms with Gasteiger partial charge in [0.05, 0.1) is 0 Å². The Balaban J connectivity index is 1.67. The highest BCUT2D eigenvalue weighted by Gasteiger charge is 2.13. The van der Waals surface area contributed by atoms with Crippen LogP contribution in [0.4, 0.5) is 5.69 Å². The molecule has 1 aromatic heterocycles. The Morgan fingerprint density at radius 2 is 1.82 bits per heavy atom. The molecule has 0 aliphatic rings. The lowest BCUT2D eigenvalue weighted by Crippen LogP contribution is -2.27. The molecule has 0 aliphatic heterocycles. The van der Waals surface area contributed by atoms with Crippen molar-refractivity contribution in [3.05, 3.63) is 76.1 Å². The van der Waals surface area contributed by atoms with Crippen molar-refractivity contribution in [1.82, 2.24) is 9.47 Å². The predicted molar refractivity (Wildman–Crippen MR) is 117 cm³/mol. The van der Waals surface area contributed by atoms with Crippen molar-refractivity contribution in [2.45, 2.75) is 0 Å². The molecule has 0 bridgehead atoms. The van der Waals surface area contributed by atoms with Crippen LogP contribution in [0.1, 0.15) is 10.5 Å². The number of rotatable bonds is 6. The fourth-order valence-corrected chi connectivity index (χ4v) is 3.05. The highest BCUT2D eigenvalue weighted by atomic mass is 127. The Morgan fingerprint density at radius 1 is 1.07 bits per heavy atom. The van der Waals surface area contributed by atoms with Gasteiger partial charge in [-0.1, -0.05) is 6.07 Å². The molecule has 0 spiro atoms. The number of nitrogens with zero attached hydrogens (tertiary/aromatic N) is 2. The number of amides is 2. The highest BCUT2D eigenvalue weighted by Crippen LogP contribution is 2.19. The summed E-state index contributed by atoms with van der Waals surface area (Å²) in [6.45, 7) is -0.0257. The van der Waals surface area contributed by atoms with E-state index in [0.717, 1.165) is 9.26 Å². The van der Waals surface area contributed by atoms with Crippen molar-refractivity contribution in [3.8, 4) is 11.4 Å². The van der Waals surface area contributed by atoms with E-state index in [9.17, 15) is 9.59 Å². The van der Waals surface area contributed by atoms with Gasteiger partial charge < -0.3 is 19.5 Å². The first-order valence-electron chi connectivity index (χ1n) is 8.62. The van der Waals surface area contributed by atoms with E-state index in [1.165, 1.54) is 4.90 Å². The number of likely N-dealkylation sites (N-methyl/N-ethyl adjacent to an activating group) is 1. The summed E-state index contributed by atoms with van der Waals surface area (Å²) in [5.74, 6) is 0.240. The molecular formula is C21H20IN3O3. The molecule has 0 unspecified atom stereocenters. The average molecular weight is 489 g/mol. The molecule has 0 fully saturated rings. The maximum Gasteiger partial charge on any atom is 0.272 e. The molecule has 0 atom stereocenters. The molecule has 0 aliphatic carbocycles. The SMILES string of the molecule is CN(C)C(=O)COc1ccc(NC(=O)c2cccn2-c2cccc(I)c2)cc1. The van der Waals surface area contributed by atoms with Crippen LogP contribution >= 0.6 is 22.6 Å². The lowest BCUT2D eigenvalue weighted by Gasteiger charge is -2.12. The Hall–Kier alpha value is -2.81. The second kappa shape index (κ2) is 8.92. The number of ether oxygens (including phenoxy) is 1.